The van der Waals surface area contributed by atoms with Gasteiger partial charge in [0.1, 0.15) is 6.54 Å². The van der Waals surface area contributed by atoms with Crippen LogP contribution >= 0.6 is 0 Å². The van der Waals surface area contributed by atoms with Crippen LogP contribution in [0.4, 0.5) is 0 Å². The Balaban J connectivity index is 4.08. The van der Waals surface area contributed by atoms with Gasteiger partial charge in [-0.2, -0.15) is 13.9 Å². The van der Waals surface area contributed by atoms with E-state index in [0.717, 1.165) is 6.08 Å². The van der Waals surface area contributed by atoms with Crippen molar-refractivity contribution in [2.75, 3.05) is 12.3 Å². The molecule has 0 aliphatic heterocycles. The van der Waals surface area contributed by atoms with E-state index in [1.165, 1.54) is 6.92 Å². The number of nitrogens with one attached hydrogen (secondary N) is 2. The summed E-state index contributed by atoms with van der Waals surface area (Å²) in [6, 6.07) is 0. The molecule has 4 N–H and O–H groups in total. The third-order valence-electron chi connectivity index (χ3n) is 1.18. The number of carbonyl (C=O) groups excluding carboxylic acids is 1. The van der Waals surface area contributed by atoms with E-state index in [0.29, 0.717) is 0 Å². The summed E-state index contributed by atoms with van der Waals surface area (Å²) in [5.74, 6) is -1.08. The number of amides is 1. The highest BCUT2D eigenvalue weighted by Gasteiger charge is 2.03. The van der Waals surface area contributed by atoms with Crippen molar-refractivity contribution in [1.82, 2.24) is 10.8 Å². The zero-order chi connectivity index (χ0) is 11.2. The first-order chi connectivity index (χ1) is 6.35. The first kappa shape index (κ1) is 13.0. The maximum atomic E-state index is 10.8. The molecule has 0 fully saturated rings. The van der Waals surface area contributed by atoms with E-state index in [2.05, 4.69) is 5.32 Å². The molecule has 7 nitrogen and oxygen atoms in total. The third kappa shape index (κ3) is 7.68. The van der Waals surface area contributed by atoms with E-state index in [1.807, 2.05) is 0 Å². The standard InChI is InChI=1S/C6H12N2O5S/c1-5(2-3-14(11,12)13)8-6(9)4-7-10/h2,7,10H,3-4H2,1H3,(H,8,9)(H,11,12,13)/b5-2+. The van der Waals surface area contributed by atoms with Gasteiger partial charge in [0, 0.05) is 5.70 Å². The van der Waals surface area contributed by atoms with Crippen LogP contribution in [0.5, 0.6) is 0 Å². The molecule has 1 amide bonds. The Morgan fingerprint density at radius 3 is 2.50 bits per heavy atom. The lowest BCUT2D eigenvalue weighted by molar-refractivity contribution is -0.121. The zero-order valence-electron chi connectivity index (χ0n) is 7.52. The average Bonchev–Trinajstić information content (AvgIpc) is 2.00. The molecular formula is C6H12N2O5S. The quantitative estimate of drug-likeness (QED) is 0.347. The summed E-state index contributed by atoms with van der Waals surface area (Å²) in [4.78, 5) is 10.8. The van der Waals surface area contributed by atoms with Gasteiger partial charge in [0.15, 0.2) is 0 Å². The predicted octanol–water partition coefficient (Wildman–Crippen LogP) is -1.13. The Kier molecular flexibility index (Phi) is 5.31. The second-order valence-corrected chi connectivity index (χ2v) is 4.02. The lowest BCUT2D eigenvalue weighted by Gasteiger charge is -2.03. The Hall–Kier alpha value is -0.960. The van der Waals surface area contributed by atoms with Gasteiger partial charge in [-0.1, -0.05) is 0 Å². The number of rotatable bonds is 5. The second-order valence-electron chi connectivity index (χ2n) is 2.52. The van der Waals surface area contributed by atoms with Gasteiger partial charge in [0.2, 0.25) is 5.91 Å². The van der Waals surface area contributed by atoms with Crippen molar-refractivity contribution in [3.05, 3.63) is 11.8 Å². The molecular weight excluding hydrogens is 212 g/mol. The second kappa shape index (κ2) is 5.70. The van der Waals surface area contributed by atoms with Crippen LogP contribution in [0.3, 0.4) is 0 Å². The highest BCUT2D eigenvalue weighted by Crippen LogP contribution is 1.90. The van der Waals surface area contributed by atoms with Gasteiger partial charge in [0.25, 0.3) is 10.1 Å². The molecule has 0 aliphatic carbocycles. The lowest BCUT2D eigenvalue weighted by atomic mass is 10.4. The Morgan fingerprint density at radius 2 is 2.07 bits per heavy atom. The van der Waals surface area contributed by atoms with Crippen LogP contribution in [0.25, 0.3) is 0 Å². The van der Waals surface area contributed by atoms with E-state index in [4.69, 9.17) is 9.76 Å². The molecule has 0 aromatic heterocycles. The van der Waals surface area contributed by atoms with Gasteiger partial charge in [0.05, 0.1) is 5.75 Å². The van der Waals surface area contributed by atoms with E-state index in [1.54, 1.807) is 5.48 Å². The van der Waals surface area contributed by atoms with Crippen molar-refractivity contribution >= 4 is 16.0 Å². The van der Waals surface area contributed by atoms with Crippen molar-refractivity contribution in [3.63, 3.8) is 0 Å². The number of hydrogen-bond acceptors (Lipinski definition) is 5. The summed E-state index contributed by atoms with van der Waals surface area (Å²) in [6.45, 7) is 1.16. The molecule has 0 spiro atoms. The van der Waals surface area contributed by atoms with Gasteiger partial charge in [-0.25, -0.2) is 0 Å². The van der Waals surface area contributed by atoms with Gasteiger partial charge in [-0.3, -0.25) is 9.35 Å². The van der Waals surface area contributed by atoms with Crippen LogP contribution in [0.15, 0.2) is 11.8 Å². The van der Waals surface area contributed by atoms with Crippen molar-refractivity contribution in [2.45, 2.75) is 6.92 Å². The topological polar surface area (TPSA) is 116 Å². The monoisotopic (exact) mass is 224 g/mol. The minimum absolute atomic E-state index is 0.280. The molecule has 0 aromatic carbocycles. The Labute approximate surface area is 81.5 Å². The fourth-order valence-corrected chi connectivity index (χ4v) is 1.08. The molecule has 0 aliphatic rings. The summed E-state index contributed by atoms with van der Waals surface area (Å²) in [7, 11) is -4.06. The molecule has 0 radical (unpaired) electrons. The normalized spacial score (nSPS) is 12.6. The Morgan fingerprint density at radius 1 is 1.50 bits per heavy atom. The minimum atomic E-state index is -4.06. The first-order valence-electron chi connectivity index (χ1n) is 3.64. The van der Waals surface area contributed by atoms with Gasteiger partial charge in [-0.15, -0.1) is 0 Å². The minimum Gasteiger partial charge on any atom is -0.329 e. The molecule has 0 bridgehead atoms. The van der Waals surface area contributed by atoms with Crippen LogP contribution in [-0.4, -0.2) is 36.4 Å². The summed E-state index contributed by atoms with van der Waals surface area (Å²) in [5, 5.41) is 10.4. The van der Waals surface area contributed by atoms with Gasteiger partial charge < -0.3 is 10.5 Å². The molecule has 0 unspecified atom stereocenters. The summed E-state index contributed by atoms with van der Waals surface area (Å²) in [6.07, 6.45) is 1.14. The molecule has 0 atom stereocenters. The van der Waals surface area contributed by atoms with Crippen LogP contribution in [0, 0.1) is 0 Å². The molecule has 0 saturated heterocycles. The smallest absolute Gasteiger partial charge is 0.268 e. The molecule has 0 rings (SSSR count). The maximum absolute atomic E-state index is 10.8. The van der Waals surface area contributed by atoms with Crippen LogP contribution in [0.2, 0.25) is 0 Å². The van der Waals surface area contributed by atoms with E-state index in [9.17, 15) is 13.2 Å². The van der Waals surface area contributed by atoms with E-state index in [-0.39, 0.29) is 12.2 Å². The Bertz CT molecular complexity index is 321. The number of hydroxylamine groups is 1. The average molecular weight is 224 g/mol. The molecule has 8 heteroatoms. The fourth-order valence-electron chi connectivity index (χ4n) is 0.617. The van der Waals surface area contributed by atoms with Gasteiger partial charge >= 0.3 is 0 Å². The van der Waals surface area contributed by atoms with Gasteiger partial charge in [-0.05, 0) is 13.0 Å². The molecule has 0 aromatic rings. The molecule has 0 saturated carbocycles. The summed E-state index contributed by atoms with van der Waals surface area (Å²) < 4.78 is 29.0. The predicted molar refractivity (Wildman–Crippen MR) is 48.1 cm³/mol. The van der Waals surface area contributed by atoms with Crippen molar-refractivity contribution in [3.8, 4) is 0 Å². The zero-order valence-corrected chi connectivity index (χ0v) is 8.34. The SMILES string of the molecule is C/C(=C\CS(=O)(=O)O)NC(=O)CNO. The maximum Gasteiger partial charge on any atom is 0.268 e. The molecule has 0 heterocycles. The molecule has 14 heavy (non-hydrogen) atoms. The van der Waals surface area contributed by atoms with Crippen LogP contribution in [-0.2, 0) is 14.9 Å². The third-order valence-corrected chi connectivity index (χ3v) is 1.76. The number of hydrogen-bond donors (Lipinski definition) is 4. The highest BCUT2D eigenvalue weighted by molar-refractivity contribution is 7.85. The molecule has 82 valence electrons. The van der Waals surface area contributed by atoms with Crippen molar-refractivity contribution in [2.24, 2.45) is 0 Å². The highest BCUT2D eigenvalue weighted by atomic mass is 32.2. The van der Waals surface area contributed by atoms with E-state index < -0.39 is 21.8 Å². The summed E-state index contributed by atoms with van der Waals surface area (Å²) >= 11 is 0. The van der Waals surface area contributed by atoms with Crippen LogP contribution < -0.4 is 10.8 Å². The number of allylic oxidation sites excluding steroid dienone is 1. The summed E-state index contributed by atoms with van der Waals surface area (Å²) in [5.41, 5.74) is 1.92. The first-order valence-corrected chi connectivity index (χ1v) is 5.25. The lowest BCUT2D eigenvalue weighted by Crippen LogP contribution is -2.31. The largest absolute Gasteiger partial charge is 0.329 e. The fraction of sp³-hybridized carbons (Fsp3) is 0.500. The van der Waals surface area contributed by atoms with Crippen molar-refractivity contribution in [1.29, 1.82) is 0 Å². The van der Waals surface area contributed by atoms with E-state index >= 15 is 0 Å². The number of carbonyl (C=O) groups is 1. The van der Waals surface area contributed by atoms with Crippen molar-refractivity contribution < 1.29 is 23.0 Å². The van der Waals surface area contributed by atoms with Crippen LogP contribution in [0.1, 0.15) is 6.92 Å².